The Morgan fingerprint density at radius 2 is 2.00 bits per heavy atom. The first-order valence-electron chi connectivity index (χ1n) is 4.66. The van der Waals surface area contributed by atoms with Crippen LogP contribution >= 0.6 is 0 Å². The number of aliphatic hydroxyl groups excluding tert-OH is 1. The number of epoxide rings is 1. The lowest BCUT2D eigenvalue weighted by Crippen LogP contribution is -2.25. The first kappa shape index (κ1) is 7.56. The van der Waals surface area contributed by atoms with Gasteiger partial charge in [0.05, 0.1) is 18.8 Å². The molecule has 0 aromatic rings. The van der Waals surface area contributed by atoms with Crippen LogP contribution in [0.4, 0.5) is 0 Å². The maximum absolute atomic E-state index is 9.59. The van der Waals surface area contributed by atoms with E-state index in [1.54, 1.807) is 0 Å². The predicted molar refractivity (Wildman–Crippen MR) is 42.3 cm³/mol. The van der Waals surface area contributed by atoms with E-state index in [0.717, 1.165) is 19.4 Å². The van der Waals surface area contributed by atoms with Gasteiger partial charge < -0.3 is 9.84 Å². The Hall–Kier alpha value is -0.0800. The van der Waals surface area contributed by atoms with E-state index < -0.39 is 0 Å². The third-order valence-corrected chi connectivity index (χ3v) is 2.84. The maximum Gasteiger partial charge on any atom is 0.0813 e. The molecule has 2 rings (SSSR count). The Bertz CT molecular complexity index is 132. The van der Waals surface area contributed by atoms with Crippen molar-refractivity contribution in [3.8, 4) is 0 Å². The van der Waals surface area contributed by atoms with Crippen LogP contribution in [0.5, 0.6) is 0 Å². The topological polar surface area (TPSA) is 32.8 Å². The van der Waals surface area contributed by atoms with Crippen molar-refractivity contribution in [1.82, 2.24) is 0 Å². The van der Waals surface area contributed by atoms with Crippen molar-refractivity contribution in [2.45, 2.75) is 44.3 Å². The van der Waals surface area contributed by atoms with Crippen LogP contribution < -0.4 is 0 Å². The Morgan fingerprint density at radius 3 is 2.64 bits per heavy atom. The molecule has 1 aliphatic heterocycles. The summed E-state index contributed by atoms with van der Waals surface area (Å²) in [5, 5.41) is 9.59. The Labute approximate surface area is 67.6 Å². The van der Waals surface area contributed by atoms with Crippen LogP contribution in [0.3, 0.4) is 0 Å². The number of hydrogen-bond acceptors (Lipinski definition) is 2. The second kappa shape index (κ2) is 3.11. The fourth-order valence-corrected chi connectivity index (χ4v) is 2.00. The molecule has 1 saturated heterocycles. The second-order valence-corrected chi connectivity index (χ2v) is 3.80. The van der Waals surface area contributed by atoms with Crippen LogP contribution in [0.15, 0.2) is 0 Å². The Balaban J connectivity index is 1.78. The monoisotopic (exact) mass is 156 g/mol. The highest BCUT2D eigenvalue weighted by Crippen LogP contribution is 2.31. The lowest BCUT2D eigenvalue weighted by atomic mass is 9.84. The van der Waals surface area contributed by atoms with Crippen molar-refractivity contribution >= 4 is 0 Å². The van der Waals surface area contributed by atoms with Gasteiger partial charge in [0.2, 0.25) is 0 Å². The molecule has 3 atom stereocenters. The first-order valence-corrected chi connectivity index (χ1v) is 4.66. The predicted octanol–water partition coefficient (Wildman–Crippen LogP) is 1.33. The number of ether oxygens (including phenoxy) is 1. The van der Waals surface area contributed by atoms with Crippen LogP contribution in [0.25, 0.3) is 0 Å². The van der Waals surface area contributed by atoms with Crippen LogP contribution in [0.1, 0.15) is 32.1 Å². The SMILES string of the molecule is O[C@@H]1CCCC[C@H]1CC1CO1. The minimum atomic E-state index is -0.0343. The van der Waals surface area contributed by atoms with Gasteiger partial charge in [-0.15, -0.1) is 0 Å². The van der Waals surface area contributed by atoms with Crippen molar-refractivity contribution in [2.24, 2.45) is 5.92 Å². The lowest BCUT2D eigenvalue weighted by molar-refractivity contribution is 0.0610. The fourth-order valence-electron chi connectivity index (χ4n) is 2.00. The summed E-state index contributed by atoms with van der Waals surface area (Å²) in [5.74, 6) is 0.538. The summed E-state index contributed by atoms with van der Waals surface area (Å²) < 4.78 is 5.15. The quantitative estimate of drug-likeness (QED) is 0.612. The average molecular weight is 156 g/mol. The molecule has 2 aliphatic rings. The molecule has 1 saturated carbocycles. The van der Waals surface area contributed by atoms with Crippen LogP contribution in [0, 0.1) is 5.92 Å². The molecule has 2 nitrogen and oxygen atoms in total. The maximum atomic E-state index is 9.59. The van der Waals surface area contributed by atoms with Crippen LogP contribution in [-0.2, 0) is 4.74 Å². The zero-order valence-corrected chi connectivity index (χ0v) is 6.83. The number of aliphatic hydroxyl groups is 1. The summed E-state index contributed by atoms with van der Waals surface area (Å²) in [6.45, 7) is 0.934. The lowest BCUT2D eigenvalue weighted by Gasteiger charge is -2.26. The van der Waals surface area contributed by atoms with Gasteiger partial charge in [0.15, 0.2) is 0 Å². The molecule has 2 heteroatoms. The van der Waals surface area contributed by atoms with E-state index in [1.165, 1.54) is 19.3 Å². The normalized spacial score (nSPS) is 43.9. The molecule has 0 aromatic heterocycles. The summed E-state index contributed by atoms with van der Waals surface area (Å²) in [4.78, 5) is 0. The summed E-state index contributed by atoms with van der Waals surface area (Å²) >= 11 is 0. The minimum Gasteiger partial charge on any atom is -0.393 e. The molecule has 1 unspecified atom stereocenters. The Morgan fingerprint density at radius 1 is 1.27 bits per heavy atom. The molecular weight excluding hydrogens is 140 g/mol. The van der Waals surface area contributed by atoms with E-state index in [-0.39, 0.29) is 6.10 Å². The van der Waals surface area contributed by atoms with Crippen molar-refractivity contribution in [3.05, 3.63) is 0 Å². The molecular formula is C9H16O2. The standard InChI is InChI=1S/C9H16O2/c10-9-4-2-1-3-7(9)5-8-6-11-8/h7-10H,1-6H2/t7-,8?,9+/m0/s1. The van der Waals surface area contributed by atoms with Gasteiger partial charge in [-0.25, -0.2) is 0 Å². The van der Waals surface area contributed by atoms with Crippen molar-refractivity contribution in [1.29, 1.82) is 0 Å². The third kappa shape index (κ3) is 1.94. The highest BCUT2D eigenvalue weighted by Gasteiger charge is 2.31. The fraction of sp³-hybridized carbons (Fsp3) is 1.00. The van der Waals surface area contributed by atoms with E-state index in [2.05, 4.69) is 0 Å². The molecule has 0 bridgehead atoms. The van der Waals surface area contributed by atoms with E-state index >= 15 is 0 Å². The molecule has 11 heavy (non-hydrogen) atoms. The summed E-state index contributed by atoms with van der Waals surface area (Å²) in [7, 11) is 0. The smallest absolute Gasteiger partial charge is 0.0813 e. The highest BCUT2D eigenvalue weighted by molar-refractivity contribution is 4.81. The van der Waals surface area contributed by atoms with Gasteiger partial charge in [0.25, 0.3) is 0 Å². The molecule has 2 fully saturated rings. The molecule has 1 N–H and O–H groups in total. The van der Waals surface area contributed by atoms with Gasteiger partial charge in [-0.2, -0.15) is 0 Å². The first-order chi connectivity index (χ1) is 5.36. The molecule has 0 radical (unpaired) electrons. The van der Waals surface area contributed by atoms with Gasteiger partial charge in [-0.05, 0) is 25.2 Å². The van der Waals surface area contributed by atoms with Crippen molar-refractivity contribution in [2.75, 3.05) is 6.61 Å². The zero-order chi connectivity index (χ0) is 7.68. The van der Waals surface area contributed by atoms with Gasteiger partial charge >= 0.3 is 0 Å². The van der Waals surface area contributed by atoms with E-state index in [1.807, 2.05) is 0 Å². The van der Waals surface area contributed by atoms with Crippen LogP contribution in [0.2, 0.25) is 0 Å². The molecule has 0 spiro atoms. The van der Waals surface area contributed by atoms with E-state index in [9.17, 15) is 5.11 Å². The molecule has 1 heterocycles. The number of rotatable bonds is 2. The van der Waals surface area contributed by atoms with Gasteiger partial charge in [0, 0.05) is 0 Å². The average Bonchev–Trinajstić information content (AvgIpc) is 2.78. The summed E-state index contributed by atoms with van der Waals surface area (Å²) in [6.07, 6.45) is 6.29. The molecule has 0 amide bonds. The minimum absolute atomic E-state index is 0.0343. The molecule has 0 aromatic carbocycles. The summed E-state index contributed by atoms with van der Waals surface area (Å²) in [6, 6.07) is 0. The van der Waals surface area contributed by atoms with Gasteiger partial charge in [-0.1, -0.05) is 12.8 Å². The van der Waals surface area contributed by atoms with E-state index in [0.29, 0.717) is 12.0 Å². The third-order valence-electron chi connectivity index (χ3n) is 2.84. The highest BCUT2D eigenvalue weighted by atomic mass is 16.6. The molecule has 64 valence electrons. The van der Waals surface area contributed by atoms with Crippen molar-refractivity contribution < 1.29 is 9.84 Å². The van der Waals surface area contributed by atoms with E-state index in [4.69, 9.17) is 4.74 Å². The van der Waals surface area contributed by atoms with Gasteiger partial charge in [0.1, 0.15) is 0 Å². The van der Waals surface area contributed by atoms with Crippen LogP contribution in [-0.4, -0.2) is 23.9 Å². The number of hydrogen-bond donors (Lipinski definition) is 1. The van der Waals surface area contributed by atoms with Crippen molar-refractivity contribution in [3.63, 3.8) is 0 Å². The second-order valence-electron chi connectivity index (χ2n) is 3.80. The molecule has 1 aliphatic carbocycles. The summed E-state index contributed by atoms with van der Waals surface area (Å²) in [5.41, 5.74) is 0. The zero-order valence-electron chi connectivity index (χ0n) is 6.83. The Kier molecular flexibility index (Phi) is 2.14. The largest absolute Gasteiger partial charge is 0.393 e. The van der Waals surface area contributed by atoms with Gasteiger partial charge in [-0.3, -0.25) is 0 Å².